The summed E-state index contributed by atoms with van der Waals surface area (Å²) in [7, 11) is 1.56. The van der Waals surface area contributed by atoms with Crippen molar-refractivity contribution in [2.45, 2.75) is 6.92 Å². The topological polar surface area (TPSA) is 12.4 Å². The lowest BCUT2D eigenvalue weighted by molar-refractivity contribution is 0.628. The van der Waals surface area contributed by atoms with E-state index in [1.807, 2.05) is 18.2 Å². The number of halogens is 2. The lowest BCUT2D eigenvalue weighted by atomic mass is 10.0. The molecule has 0 saturated carbocycles. The van der Waals surface area contributed by atoms with Crippen LogP contribution in [-0.4, -0.2) is 12.8 Å². The van der Waals surface area contributed by atoms with Gasteiger partial charge in [-0.15, -0.1) is 0 Å². The predicted octanol–water partition coefficient (Wildman–Crippen LogP) is 4.78. The SMILES string of the molecule is C/C=C(/F)C(=NC)c1cccc(-c2ccc(F)cc2)c1. The van der Waals surface area contributed by atoms with Crippen LogP contribution < -0.4 is 0 Å². The molecule has 0 aliphatic rings. The van der Waals surface area contributed by atoms with Crippen molar-refractivity contribution in [3.63, 3.8) is 0 Å². The van der Waals surface area contributed by atoms with Gasteiger partial charge in [-0.2, -0.15) is 0 Å². The van der Waals surface area contributed by atoms with Crippen molar-refractivity contribution in [1.82, 2.24) is 0 Å². The van der Waals surface area contributed by atoms with E-state index in [-0.39, 0.29) is 11.6 Å². The number of benzene rings is 2. The van der Waals surface area contributed by atoms with Crippen LogP contribution in [0.2, 0.25) is 0 Å². The third-order valence-corrected chi connectivity index (χ3v) is 3.02. The van der Waals surface area contributed by atoms with Gasteiger partial charge in [-0.1, -0.05) is 30.3 Å². The molecule has 0 bridgehead atoms. The Morgan fingerprint density at radius 2 is 1.75 bits per heavy atom. The summed E-state index contributed by atoms with van der Waals surface area (Å²) in [5.41, 5.74) is 2.79. The van der Waals surface area contributed by atoms with Crippen molar-refractivity contribution in [3.8, 4) is 11.1 Å². The van der Waals surface area contributed by atoms with Gasteiger partial charge >= 0.3 is 0 Å². The molecule has 2 aromatic rings. The average molecular weight is 271 g/mol. The van der Waals surface area contributed by atoms with Crippen molar-refractivity contribution < 1.29 is 8.78 Å². The van der Waals surface area contributed by atoms with Gasteiger partial charge < -0.3 is 0 Å². The Labute approximate surface area is 117 Å². The summed E-state index contributed by atoms with van der Waals surface area (Å²) in [6.45, 7) is 1.63. The van der Waals surface area contributed by atoms with Gasteiger partial charge in [0.2, 0.25) is 0 Å². The first-order valence-corrected chi connectivity index (χ1v) is 6.31. The Balaban J connectivity index is 2.45. The van der Waals surface area contributed by atoms with E-state index in [9.17, 15) is 8.78 Å². The normalized spacial score (nSPS) is 12.6. The van der Waals surface area contributed by atoms with Gasteiger partial charge in [-0.05, 0) is 42.3 Å². The Hall–Kier alpha value is -2.29. The number of hydrogen-bond donors (Lipinski definition) is 0. The first kappa shape index (κ1) is 14.1. The zero-order chi connectivity index (χ0) is 14.5. The highest BCUT2D eigenvalue weighted by molar-refractivity contribution is 6.11. The van der Waals surface area contributed by atoms with E-state index < -0.39 is 0 Å². The molecule has 1 nitrogen and oxygen atoms in total. The van der Waals surface area contributed by atoms with Gasteiger partial charge in [-0.3, -0.25) is 4.99 Å². The zero-order valence-electron chi connectivity index (χ0n) is 11.4. The Morgan fingerprint density at radius 3 is 2.35 bits per heavy atom. The molecule has 0 fully saturated rings. The van der Waals surface area contributed by atoms with Crippen LogP contribution in [-0.2, 0) is 0 Å². The number of aliphatic imine (C=N–C) groups is 1. The van der Waals surface area contributed by atoms with Crippen molar-refractivity contribution >= 4 is 5.71 Å². The van der Waals surface area contributed by atoms with E-state index in [4.69, 9.17) is 0 Å². The van der Waals surface area contributed by atoms with Crippen molar-refractivity contribution in [2.24, 2.45) is 4.99 Å². The van der Waals surface area contributed by atoms with Gasteiger partial charge in [0.25, 0.3) is 0 Å². The predicted molar refractivity (Wildman–Crippen MR) is 79.2 cm³/mol. The molecule has 0 heterocycles. The van der Waals surface area contributed by atoms with Crippen LogP contribution in [0.5, 0.6) is 0 Å². The summed E-state index contributed by atoms with van der Waals surface area (Å²) in [6.07, 6.45) is 1.38. The highest BCUT2D eigenvalue weighted by Crippen LogP contribution is 2.22. The zero-order valence-corrected chi connectivity index (χ0v) is 11.4. The molecule has 0 saturated heterocycles. The molecule has 102 valence electrons. The maximum atomic E-state index is 13.8. The molecule has 0 radical (unpaired) electrons. The van der Waals surface area contributed by atoms with Gasteiger partial charge in [-0.25, -0.2) is 8.78 Å². The fourth-order valence-corrected chi connectivity index (χ4v) is 2.00. The molecule has 0 amide bonds. The van der Waals surface area contributed by atoms with E-state index in [1.54, 1.807) is 32.2 Å². The fraction of sp³-hybridized carbons (Fsp3) is 0.118. The van der Waals surface area contributed by atoms with Crippen LogP contribution >= 0.6 is 0 Å². The minimum absolute atomic E-state index is 0.277. The number of allylic oxidation sites excluding steroid dienone is 2. The molecular formula is C17H15F2N. The van der Waals surface area contributed by atoms with Crippen LogP contribution in [0.1, 0.15) is 12.5 Å². The van der Waals surface area contributed by atoms with Gasteiger partial charge in [0, 0.05) is 12.6 Å². The van der Waals surface area contributed by atoms with Gasteiger partial charge in [0.15, 0.2) is 0 Å². The molecule has 0 spiro atoms. The third-order valence-electron chi connectivity index (χ3n) is 3.02. The number of hydrogen-bond acceptors (Lipinski definition) is 1. The van der Waals surface area contributed by atoms with E-state index in [1.165, 1.54) is 18.2 Å². The second-order valence-corrected chi connectivity index (χ2v) is 4.30. The monoisotopic (exact) mass is 271 g/mol. The van der Waals surface area contributed by atoms with E-state index in [2.05, 4.69) is 4.99 Å². The summed E-state index contributed by atoms with van der Waals surface area (Å²) in [4.78, 5) is 3.99. The van der Waals surface area contributed by atoms with Crippen molar-refractivity contribution in [1.29, 1.82) is 0 Å². The molecule has 0 aromatic heterocycles. The minimum atomic E-state index is -0.358. The second-order valence-electron chi connectivity index (χ2n) is 4.30. The number of nitrogens with zero attached hydrogens (tertiary/aromatic N) is 1. The van der Waals surface area contributed by atoms with E-state index in [0.717, 1.165) is 11.1 Å². The van der Waals surface area contributed by atoms with Crippen LogP contribution in [0.15, 0.2) is 65.4 Å². The lowest BCUT2D eigenvalue weighted by Gasteiger charge is -2.07. The highest BCUT2D eigenvalue weighted by atomic mass is 19.1. The Morgan fingerprint density at radius 1 is 1.05 bits per heavy atom. The second kappa shape index (κ2) is 6.24. The summed E-state index contributed by atoms with van der Waals surface area (Å²) in [5.74, 6) is -0.635. The average Bonchev–Trinajstić information content (AvgIpc) is 2.49. The number of rotatable bonds is 3. The third kappa shape index (κ3) is 2.99. The lowest BCUT2D eigenvalue weighted by Crippen LogP contribution is -2.01. The van der Waals surface area contributed by atoms with Crippen LogP contribution in [0.3, 0.4) is 0 Å². The molecule has 3 heteroatoms. The molecule has 0 aliphatic heterocycles. The fourth-order valence-electron chi connectivity index (χ4n) is 2.00. The molecule has 0 N–H and O–H groups in total. The molecule has 0 unspecified atom stereocenters. The van der Waals surface area contributed by atoms with Crippen molar-refractivity contribution in [3.05, 3.63) is 71.8 Å². The molecule has 0 atom stereocenters. The maximum Gasteiger partial charge on any atom is 0.144 e. The van der Waals surface area contributed by atoms with Gasteiger partial charge in [0.05, 0.1) is 5.71 Å². The molecule has 20 heavy (non-hydrogen) atoms. The summed E-state index contributed by atoms with van der Waals surface area (Å²) >= 11 is 0. The van der Waals surface area contributed by atoms with Crippen LogP contribution in [0, 0.1) is 5.82 Å². The van der Waals surface area contributed by atoms with Crippen molar-refractivity contribution in [2.75, 3.05) is 7.05 Å². The molecule has 2 rings (SSSR count). The molecule has 2 aromatic carbocycles. The van der Waals surface area contributed by atoms with E-state index >= 15 is 0 Å². The maximum absolute atomic E-state index is 13.8. The Kier molecular flexibility index (Phi) is 4.41. The highest BCUT2D eigenvalue weighted by Gasteiger charge is 2.09. The largest absolute Gasteiger partial charge is 0.285 e. The smallest absolute Gasteiger partial charge is 0.144 e. The summed E-state index contributed by atoms with van der Waals surface area (Å²) < 4.78 is 26.7. The van der Waals surface area contributed by atoms with Crippen LogP contribution in [0.25, 0.3) is 11.1 Å². The van der Waals surface area contributed by atoms with Gasteiger partial charge in [0.1, 0.15) is 11.6 Å². The summed E-state index contributed by atoms with van der Waals surface area (Å²) in [6, 6.07) is 13.6. The Bertz CT molecular complexity index is 655. The molecular weight excluding hydrogens is 256 g/mol. The first-order valence-electron chi connectivity index (χ1n) is 6.31. The minimum Gasteiger partial charge on any atom is -0.285 e. The van der Waals surface area contributed by atoms with Crippen LogP contribution in [0.4, 0.5) is 8.78 Å². The molecule has 0 aliphatic carbocycles. The first-order chi connectivity index (χ1) is 9.65. The standard InChI is InChI=1S/C17H15F2N/c1-3-16(19)17(20-2)14-6-4-5-13(11-14)12-7-9-15(18)10-8-12/h3-11H,1-2H3/b16-3+,20-17?. The summed E-state index contributed by atoms with van der Waals surface area (Å²) in [5, 5.41) is 0. The quantitative estimate of drug-likeness (QED) is 0.712. The van der Waals surface area contributed by atoms with E-state index in [0.29, 0.717) is 11.3 Å².